The number of hydrogen-bond donors (Lipinski definition) is 1. The molecule has 5 nitrogen and oxygen atoms in total. The highest BCUT2D eigenvalue weighted by atomic mass is 32.2. The van der Waals surface area contributed by atoms with Gasteiger partial charge in [-0.1, -0.05) is 42.2 Å². The van der Waals surface area contributed by atoms with Crippen molar-refractivity contribution in [2.24, 2.45) is 0 Å². The molecule has 0 saturated carbocycles. The molecule has 20 heavy (non-hydrogen) atoms. The number of aromatic hydroxyl groups is 1. The van der Waals surface area contributed by atoms with E-state index in [1.165, 1.54) is 17.0 Å². The minimum Gasteiger partial charge on any atom is -0.550 e. The van der Waals surface area contributed by atoms with Crippen LogP contribution in [0.3, 0.4) is 0 Å². The Kier molecular flexibility index (Phi) is 4.41. The first kappa shape index (κ1) is 14.5. The van der Waals surface area contributed by atoms with E-state index in [1.807, 2.05) is 0 Å². The largest absolute Gasteiger partial charge is 0.550 e. The summed E-state index contributed by atoms with van der Waals surface area (Å²) in [7, 11) is 0. The Morgan fingerprint density at radius 2 is 2.15 bits per heavy atom. The Bertz CT molecular complexity index is 612. The summed E-state index contributed by atoms with van der Waals surface area (Å²) in [5, 5.41) is 20.1. The van der Waals surface area contributed by atoms with Gasteiger partial charge in [0.25, 0.3) is 5.91 Å². The highest BCUT2D eigenvalue weighted by Crippen LogP contribution is 2.33. The van der Waals surface area contributed by atoms with Crippen LogP contribution in [0, 0.1) is 0 Å². The van der Waals surface area contributed by atoms with Crippen LogP contribution in [0.1, 0.15) is 12.0 Å². The van der Waals surface area contributed by atoms with Gasteiger partial charge in [-0.3, -0.25) is 9.69 Å². The number of carboxylic acid groups (broad SMARTS) is 1. The summed E-state index contributed by atoms with van der Waals surface area (Å²) < 4.78 is 0.304. The fourth-order valence-corrected chi connectivity index (χ4v) is 2.95. The van der Waals surface area contributed by atoms with Crippen molar-refractivity contribution in [3.63, 3.8) is 0 Å². The highest BCUT2D eigenvalue weighted by Gasteiger charge is 2.31. The number of amides is 1. The average Bonchev–Trinajstić information content (AvgIpc) is 2.65. The van der Waals surface area contributed by atoms with Crippen LogP contribution in [0.2, 0.25) is 0 Å². The molecule has 7 heteroatoms. The minimum atomic E-state index is -1.23. The number of thioether (sulfide) groups is 1. The number of rotatable bonds is 4. The number of phenols is 1. The number of carboxylic acids is 1. The molecule has 0 atom stereocenters. The number of benzene rings is 1. The normalized spacial score (nSPS) is 17.0. The molecule has 1 aliphatic rings. The molecule has 2 rings (SSSR count). The summed E-state index contributed by atoms with van der Waals surface area (Å²) >= 11 is 6.13. The highest BCUT2D eigenvalue weighted by molar-refractivity contribution is 8.26. The third kappa shape index (κ3) is 3.17. The van der Waals surface area contributed by atoms with Crippen molar-refractivity contribution in [1.29, 1.82) is 0 Å². The third-order valence-corrected chi connectivity index (χ3v) is 4.01. The molecule has 1 aromatic rings. The summed E-state index contributed by atoms with van der Waals surface area (Å²) in [5.41, 5.74) is 0.507. The number of para-hydroxylation sites is 1. The van der Waals surface area contributed by atoms with E-state index in [2.05, 4.69) is 0 Å². The molecule has 1 aliphatic heterocycles. The zero-order valence-electron chi connectivity index (χ0n) is 10.2. The van der Waals surface area contributed by atoms with Gasteiger partial charge in [0.15, 0.2) is 0 Å². The van der Waals surface area contributed by atoms with Crippen molar-refractivity contribution in [2.75, 3.05) is 6.54 Å². The monoisotopic (exact) mass is 308 g/mol. The number of phenolic OH excluding ortho intramolecular Hbond substituents is 1. The predicted molar refractivity (Wildman–Crippen MR) is 77.6 cm³/mol. The first-order valence-corrected chi connectivity index (χ1v) is 6.94. The Labute approximate surface area is 124 Å². The van der Waals surface area contributed by atoms with Gasteiger partial charge in [-0.25, -0.2) is 0 Å². The molecule has 0 unspecified atom stereocenters. The van der Waals surface area contributed by atoms with Gasteiger partial charge >= 0.3 is 0 Å². The van der Waals surface area contributed by atoms with E-state index in [9.17, 15) is 19.8 Å². The SMILES string of the molecule is O=C([O-])CCN1C(=O)/C(=C\c2ccccc2O)SC1=S. The van der Waals surface area contributed by atoms with E-state index in [-0.39, 0.29) is 24.6 Å². The van der Waals surface area contributed by atoms with Gasteiger partial charge in [0.2, 0.25) is 0 Å². The van der Waals surface area contributed by atoms with E-state index in [4.69, 9.17) is 12.2 Å². The van der Waals surface area contributed by atoms with Gasteiger partial charge in [-0.15, -0.1) is 0 Å². The molecule has 1 N–H and O–H groups in total. The van der Waals surface area contributed by atoms with Crippen molar-refractivity contribution in [2.45, 2.75) is 6.42 Å². The van der Waals surface area contributed by atoms with E-state index in [1.54, 1.807) is 18.2 Å². The molecule has 0 spiro atoms. The molecule has 0 bridgehead atoms. The van der Waals surface area contributed by atoms with Gasteiger partial charge in [-0.2, -0.15) is 0 Å². The number of carbonyl (C=O) groups is 2. The quantitative estimate of drug-likeness (QED) is 0.652. The maximum Gasteiger partial charge on any atom is 0.266 e. The molecule has 104 valence electrons. The molecule has 1 saturated heterocycles. The maximum absolute atomic E-state index is 12.1. The lowest BCUT2D eigenvalue weighted by atomic mass is 10.2. The third-order valence-electron chi connectivity index (χ3n) is 2.64. The maximum atomic E-state index is 12.1. The Balaban J connectivity index is 2.19. The summed E-state index contributed by atoms with van der Waals surface area (Å²) in [6.45, 7) is -0.00882. The fourth-order valence-electron chi connectivity index (χ4n) is 1.65. The summed E-state index contributed by atoms with van der Waals surface area (Å²) in [4.78, 5) is 24.1. The van der Waals surface area contributed by atoms with Gasteiger partial charge in [-0.05, 0) is 12.1 Å². The molecular formula is C13H10NO4S2-. The Hall–Kier alpha value is -1.86. The van der Waals surface area contributed by atoms with Crippen molar-refractivity contribution in [3.05, 3.63) is 34.7 Å². The summed E-state index contributed by atoms with van der Waals surface area (Å²) in [6.07, 6.45) is 1.27. The standard InChI is InChI=1S/C13H11NO4S2/c15-9-4-2-1-3-8(9)7-10-12(18)14(13(19)20-10)6-5-11(16)17/h1-4,7,15H,5-6H2,(H,16,17)/p-1/b10-7+. The van der Waals surface area contributed by atoms with Crippen LogP contribution >= 0.6 is 24.0 Å². The topological polar surface area (TPSA) is 80.7 Å². The fraction of sp³-hybridized carbons (Fsp3) is 0.154. The zero-order valence-corrected chi connectivity index (χ0v) is 11.9. The van der Waals surface area contributed by atoms with Crippen molar-refractivity contribution < 1.29 is 19.8 Å². The van der Waals surface area contributed by atoms with Crippen LogP contribution in [-0.4, -0.2) is 32.7 Å². The second kappa shape index (κ2) is 6.06. The second-order valence-electron chi connectivity index (χ2n) is 4.01. The van der Waals surface area contributed by atoms with Crippen molar-refractivity contribution >= 4 is 46.3 Å². The first-order valence-electron chi connectivity index (χ1n) is 5.72. The van der Waals surface area contributed by atoms with E-state index >= 15 is 0 Å². The first-order chi connectivity index (χ1) is 9.49. The van der Waals surface area contributed by atoms with E-state index in [0.717, 1.165) is 11.8 Å². The molecular weight excluding hydrogens is 298 g/mol. The molecule has 0 aliphatic carbocycles. The number of nitrogens with zero attached hydrogens (tertiary/aromatic N) is 1. The minimum absolute atomic E-state index is 0.00882. The van der Waals surface area contributed by atoms with Crippen molar-refractivity contribution in [1.82, 2.24) is 4.90 Å². The Morgan fingerprint density at radius 3 is 2.80 bits per heavy atom. The van der Waals surface area contributed by atoms with Crippen LogP contribution in [0.4, 0.5) is 0 Å². The lowest BCUT2D eigenvalue weighted by Gasteiger charge is -2.14. The number of thiocarbonyl (C=S) groups is 1. The molecule has 0 radical (unpaired) electrons. The Morgan fingerprint density at radius 1 is 1.45 bits per heavy atom. The molecule has 1 amide bonds. The van der Waals surface area contributed by atoms with Gasteiger partial charge in [0.05, 0.1) is 4.91 Å². The van der Waals surface area contributed by atoms with Gasteiger partial charge in [0, 0.05) is 24.5 Å². The second-order valence-corrected chi connectivity index (χ2v) is 5.69. The number of aliphatic carboxylic acids is 1. The van der Waals surface area contributed by atoms with Crippen LogP contribution in [0.15, 0.2) is 29.2 Å². The van der Waals surface area contributed by atoms with E-state index < -0.39 is 5.97 Å². The van der Waals surface area contributed by atoms with Crippen LogP contribution in [-0.2, 0) is 9.59 Å². The predicted octanol–water partition coefficient (Wildman–Crippen LogP) is 0.733. The van der Waals surface area contributed by atoms with Crippen LogP contribution in [0.25, 0.3) is 6.08 Å². The smallest absolute Gasteiger partial charge is 0.266 e. The number of carbonyl (C=O) groups excluding carboxylic acids is 2. The average molecular weight is 308 g/mol. The lowest BCUT2D eigenvalue weighted by Crippen LogP contribution is -2.33. The summed E-state index contributed by atoms with van der Waals surface area (Å²) in [6, 6.07) is 6.60. The molecule has 1 aromatic carbocycles. The molecule has 1 fully saturated rings. The summed E-state index contributed by atoms with van der Waals surface area (Å²) in [5.74, 6) is -1.53. The molecule has 1 heterocycles. The van der Waals surface area contributed by atoms with Crippen molar-refractivity contribution in [3.8, 4) is 5.75 Å². The van der Waals surface area contributed by atoms with Gasteiger partial charge < -0.3 is 15.0 Å². The number of hydrogen-bond acceptors (Lipinski definition) is 6. The van der Waals surface area contributed by atoms with Gasteiger partial charge in [0.1, 0.15) is 10.1 Å². The lowest BCUT2D eigenvalue weighted by molar-refractivity contribution is -0.305. The van der Waals surface area contributed by atoms with E-state index in [0.29, 0.717) is 14.8 Å². The van der Waals surface area contributed by atoms with Crippen LogP contribution < -0.4 is 5.11 Å². The van der Waals surface area contributed by atoms with Crippen LogP contribution in [0.5, 0.6) is 5.75 Å². The molecule has 0 aromatic heterocycles. The zero-order chi connectivity index (χ0) is 14.7.